The topological polar surface area (TPSA) is 42.0 Å². The summed E-state index contributed by atoms with van der Waals surface area (Å²) in [6.07, 6.45) is 0. The standard InChI is InChI=1S/C11H9ClN2OS/c1-13-10(15)11-14-9(6-16-11)7-2-4-8(12)5-3-7/h2-6H,1H3,(H,13,15). The van der Waals surface area contributed by atoms with Crippen LogP contribution in [-0.4, -0.2) is 17.9 Å². The largest absolute Gasteiger partial charge is 0.353 e. The molecule has 0 aliphatic rings. The van der Waals surface area contributed by atoms with Crippen molar-refractivity contribution >= 4 is 28.8 Å². The van der Waals surface area contributed by atoms with Crippen LogP contribution in [0.25, 0.3) is 11.3 Å². The number of halogens is 1. The molecule has 16 heavy (non-hydrogen) atoms. The second-order valence-corrected chi connectivity index (χ2v) is 4.42. The maximum absolute atomic E-state index is 11.3. The summed E-state index contributed by atoms with van der Waals surface area (Å²) in [4.78, 5) is 15.6. The van der Waals surface area contributed by atoms with Crippen molar-refractivity contribution in [3.05, 3.63) is 39.7 Å². The average Bonchev–Trinajstić information content (AvgIpc) is 2.78. The van der Waals surface area contributed by atoms with Gasteiger partial charge >= 0.3 is 0 Å². The molecule has 0 aliphatic carbocycles. The molecule has 1 N–H and O–H groups in total. The van der Waals surface area contributed by atoms with Crippen molar-refractivity contribution in [2.24, 2.45) is 0 Å². The van der Waals surface area contributed by atoms with E-state index in [2.05, 4.69) is 10.3 Å². The predicted octanol–water partition coefficient (Wildman–Crippen LogP) is 2.82. The number of hydrogen-bond donors (Lipinski definition) is 1. The van der Waals surface area contributed by atoms with Crippen molar-refractivity contribution in [1.29, 1.82) is 0 Å². The highest BCUT2D eigenvalue weighted by Crippen LogP contribution is 2.23. The fraction of sp³-hybridized carbons (Fsp3) is 0.0909. The molecule has 0 unspecified atom stereocenters. The number of benzene rings is 1. The molecule has 2 rings (SSSR count). The first kappa shape index (κ1) is 11.1. The summed E-state index contributed by atoms with van der Waals surface area (Å²) in [7, 11) is 1.59. The Kier molecular flexibility index (Phi) is 3.22. The second kappa shape index (κ2) is 4.63. The van der Waals surface area contributed by atoms with Gasteiger partial charge in [0, 0.05) is 23.0 Å². The molecule has 0 saturated heterocycles. The first-order valence-corrected chi connectivity index (χ1v) is 5.90. The Balaban J connectivity index is 2.31. The summed E-state index contributed by atoms with van der Waals surface area (Å²) in [6, 6.07) is 7.36. The summed E-state index contributed by atoms with van der Waals surface area (Å²) in [6.45, 7) is 0. The minimum absolute atomic E-state index is 0.162. The van der Waals surface area contributed by atoms with Gasteiger partial charge in [-0.3, -0.25) is 4.79 Å². The van der Waals surface area contributed by atoms with E-state index in [1.54, 1.807) is 19.2 Å². The zero-order valence-corrected chi connectivity index (χ0v) is 10.1. The van der Waals surface area contributed by atoms with Crippen LogP contribution in [0.15, 0.2) is 29.6 Å². The number of aromatic nitrogens is 1. The maximum Gasteiger partial charge on any atom is 0.280 e. The number of carbonyl (C=O) groups is 1. The molecule has 1 heterocycles. The van der Waals surface area contributed by atoms with E-state index < -0.39 is 0 Å². The summed E-state index contributed by atoms with van der Waals surface area (Å²) >= 11 is 7.12. The molecule has 1 aromatic heterocycles. The fourth-order valence-electron chi connectivity index (χ4n) is 1.24. The van der Waals surface area contributed by atoms with Gasteiger partial charge in [0.2, 0.25) is 0 Å². The van der Waals surface area contributed by atoms with Gasteiger partial charge in [-0.05, 0) is 12.1 Å². The monoisotopic (exact) mass is 252 g/mol. The van der Waals surface area contributed by atoms with Gasteiger partial charge in [-0.15, -0.1) is 11.3 Å². The van der Waals surface area contributed by atoms with Crippen LogP contribution >= 0.6 is 22.9 Å². The zero-order chi connectivity index (χ0) is 11.5. The van der Waals surface area contributed by atoms with Gasteiger partial charge in [-0.1, -0.05) is 23.7 Å². The number of nitrogens with zero attached hydrogens (tertiary/aromatic N) is 1. The highest BCUT2D eigenvalue weighted by Gasteiger charge is 2.09. The lowest BCUT2D eigenvalue weighted by Gasteiger charge is -1.96. The van der Waals surface area contributed by atoms with E-state index in [9.17, 15) is 4.79 Å². The Morgan fingerprint density at radius 1 is 1.38 bits per heavy atom. The van der Waals surface area contributed by atoms with Crippen LogP contribution in [0.3, 0.4) is 0 Å². The van der Waals surface area contributed by atoms with E-state index in [1.165, 1.54) is 11.3 Å². The van der Waals surface area contributed by atoms with E-state index in [-0.39, 0.29) is 5.91 Å². The quantitative estimate of drug-likeness (QED) is 0.893. The third-order valence-corrected chi connectivity index (χ3v) is 3.16. The normalized spacial score (nSPS) is 10.1. The van der Waals surface area contributed by atoms with Gasteiger partial charge in [-0.25, -0.2) is 4.98 Å². The van der Waals surface area contributed by atoms with Crippen LogP contribution in [-0.2, 0) is 0 Å². The summed E-state index contributed by atoms with van der Waals surface area (Å²) < 4.78 is 0. The third-order valence-electron chi connectivity index (χ3n) is 2.07. The first-order valence-electron chi connectivity index (χ1n) is 4.64. The molecule has 82 valence electrons. The molecule has 1 amide bonds. The number of thiazole rings is 1. The van der Waals surface area contributed by atoms with Crippen LogP contribution in [0.2, 0.25) is 5.02 Å². The minimum atomic E-state index is -0.162. The van der Waals surface area contributed by atoms with Crippen LogP contribution in [0.4, 0.5) is 0 Å². The zero-order valence-electron chi connectivity index (χ0n) is 8.53. The summed E-state index contributed by atoms with van der Waals surface area (Å²) in [5, 5.41) is 5.55. The predicted molar refractivity (Wildman–Crippen MR) is 66.0 cm³/mol. The maximum atomic E-state index is 11.3. The van der Waals surface area contributed by atoms with Crippen LogP contribution in [0, 0.1) is 0 Å². The summed E-state index contributed by atoms with van der Waals surface area (Å²) in [5.74, 6) is -0.162. The van der Waals surface area contributed by atoms with E-state index in [0.717, 1.165) is 11.3 Å². The number of nitrogens with one attached hydrogen (secondary N) is 1. The van der Waals surface area contributed by atoms with Gasteiger partial charge in [-0.2, -0.15) is 0 Å². The van der Waals surface area contributed by atoms with Crippen molar-refractivity contribution < 1.29 is 4.79 Å². The number of rotatable bonds is 2. The van der Waals surface area contributed by atoms with E-state index >= 15 is 0 Å². The Hall–Kier alpha value is -1.39. The van der Waals surface area contributed by atoms with E-state index in [1.807, 2.05) is 17.5 Å². The number of hydrogen-bond acceptors (Lipinski definition) is 3. The highest BCUT2D eigenvalue weighted by atomic mass is 35.5. The van der Waals surface area contributed by atoms with Crippen molar-refractivity contribution in [2.45, 2.75) is 0 Å². The molecule has 0 atom stereocenters. The molecule has 0 aliphatic heterocycles. The third kappa shape index (κ3) is 2.23. The lowest BCUT2D eigenvalue weighted by Crippen LogP contribution is -2.17. The SMILES string of the molecule is CNC(=O)c1nc(-c2ccc(Cl)cc2)cs1. The molecule has 2 aromatic rings. The Morgan fingerprint density at radius 3 is 2.69 bits per heavy atom. The van der Waals surface area contributed by atoms with Crippen molar-refractivity contribution in [3.63, 3.8) is 0 Å². The highest BCUT2D eigenvalue weighted by molar-refractivity contribution is 7.12. The lowest BCUT2D eigenvalue weighted by atomic mass is 10.2. The molecule has 0 spiro atoms. The van der Waals surface area contributed by atoms with Crippen LogP contribution in [0.5, 0.6) is 0 Å². The average molecular weight is 253 g/mol. The second-order valence-electron chi connectivity index (χ2n) is 3.12. The van der Waals surface area contributed by atoms with E-state index in [4.69, 9.17) is 11.6 Å². The Morgan fingerprint density at radius 2 is 2.06 bits per heavy atom. The molecule has 5 heteroatoms. The molecule has 0 bridgehead atoms. The van der Waals surface area contributed by atoms with Crippen molar-refractivity contribution in [1.82, 2.24) is 10.3 Å². The van der Waals surface area contributed by atoms with Gasteiger partial charge in [0.15, 0.2) is 5.01 Å². The molecular weight excluding hydrogens is 244 g/mol. The summed E-state index contributed by atoms with van der Waals surface area (Å²) in [5.41, 5.74) is 1.75. The van der Waals surface area contributed by atoms with Crippen LogP contribution < -0.4 is 5.32 Å². The molecule has 0 radical (unpaired) electrons. The molecule has 3 nitrogen and oxygen atoms in total. The minimum Gasteiger partial charge on any atom is -0.353 e. The lowest BCUT2D eigenvalue weighted by molar-refractivity contribution is 0.0963. The van der Waals surface area contributed by atoms with Gasteiger partial charge in [0.05, 0.1) is 5.69 Å². The Labute approximate surface area is 102 Å². The smallest absolute Gasteiger partial charge is 0.280 e. The van der Waals surface area contributed by atoms with E-state index in [0.29, 0.717) is 10.0 Å². The first-order chi connectivity index (χ1) is 7.70. The molecule has 0 fully saturated rings. The molecule has 1 aromatic carbocycles. The van der Waals surface area contributed by atoms with Crippen molar-refractivity contribution in [2.75, 3.05) is 7.05 Å². The van der Waals surface area contributed by atoms with Gasteiger partial charge in [0.1, 0.15) is 0 Å². The number of amides is 1. The molecule has 0 saturated carbocycles. The fourth-order valence-corrected chi connectivity index (χ4v) is 2.14. The van der Waals surface area contributed by atoms with Gasteiger partial charge < -0.3 is 5.32 Å². The number of carbonyl (C=O) groups excluding carboxylic acids is 1. The van der Waals surface area contributed by atoms with Crippen LogP contribution in [0.1, 0.15) is 9.80 Å². The molecular formula is C11H9ClN2OS. The van der Waals surface area contributed by atoms with Gasteiger partial charge in [0.25, 0.3) is 5.91 Å². The van der Waals surface area contributed by atoms with Crippen molar-refractivity contribution in [3.8, 4) is 11.3 Å². The Bertz CT molecular complexity index is 507.